The van der Waals surface area contributed by atoms with E-state index in [1.54, 1.807) is 6.07 Å². The molecule has 1 aromatic carbocycles. The molecule has 0 aliphatic carbocycles. The predicted octanol–water partition coefficient (Wildman–Crippen LogP) is 4.32. The molecule has 2 saturated heterocycles. The number of piperazine rings is 1. The lowest BCUT2D eigenvalue weighted by atomic mass is 10.1. The molecule has 3 aromatic heterocycles. The van der Waals surface area contributed by atoms with E-state index in [0.717, 1.165) is 57.7 Å². The lowest BCUT2D eigenvalue weighted by Crippen LogP contribution is -2.56. The first-order valence-corrected chi connectivity index (χ1v) is 13.3. The van der Waals surface area contributed by atoms with Crippen LogP contribution in [0.2, 0.25) is 0 Å². The maximum atomic E-state index is 15.0. The average Bonchev–Trinajstić information content (AvgIpc) is 3.23. The largest absolute Gasteiger partial charge is 0.378 e. The van der Waals surface area contributed by atoms with Crippen molar-refractivity contribution in [2.24, 2.45) is 0 Å². The van der Waals surface area contributed by atoms with Crippen LogP contribution >= 0.6 is 0 Å². The van der Waals surface area contributed by atoms with Crippen LogP contribution in [0.25, 0.3) is 22.3 Å². The number of aromatic nitrogens is 5. The van der Waals surface area contributed by atoms with Crippen molar-refractivity contribution >= 4 is 22.8 Å². The number of fused-ring (bicyclic) bond motifs is 1. The number of pyridine rings is 1. The molecule has 2 fully saturated rings. The molecule has 2 aliphatic rings. The zero-order chi connectivity index (χ0) is 27.1. The van der Waals surface area contributed by atoms with Crippen molar-refractivity contribution in [2.75, 3.05) is 44.7 Å². The SMILES string of the molecule is Cc1nc2c(F)cc(-c3nc(Nc4ccc(CN5CCN(C6COC6)CC5)cn4)ncc3F)cc2n1C(C)C. The van der Waals surface area contributed by atoms with E-state index in [9.17, 15) is 8.78 Å². The van der Waals surface area contributed by atoms with Crippen molar-refractivity contribution in [1.82, 2.24) is 34.3 Å². The number of nitrogens with zero attached hydrogens (tertiary/aromatic N) is 7. The molecule has 39 heavy (non-hydrogen) atoms. The summed E-state index contributed by atoms with van der Waals surface area (Å²) in [6.07, 6.45) is 2.92. The Bertz CT molecular complexity index is 1480. The van der Waals surface area contributed by atoms with Gasteiger partial charge in [0.15, 0.2) is 11.6 Å². The number of imidazole rings is 1. The van der Waals surface area contributed by atoms with Gasteiger partial charge in [0.25, 0.3) is 0 Å². The van der Waals surface area contributed by atoms with Crippen LogP contribution in [0, 0.1) is 18.6 Å². The maximum Gasteiger partial charge on any atom is 0.229 e. The van der Waals surface area contributed by atoms with Crippen molar-refractivity contribution in [1.29, 1.82) is 0 Å². The Morgan fingerprint density at radius 1 is 1.00 bits per heavy atom. The van der Waals surface area contributed by atoms with E-state index < -0.39 is 11.6 Å². The van der Waals surface area contributed by atoms with Crippen molar-refractivity contribution in [2.45, 2.75) is 39.4 Å². The topological polar surface area (TPSA) is 84.2 Å². The standard InChI is InChI=1S/C28H32F2N8O/c1-17(2)38-18(3)33-27-22(29)10-20(11-24(27)38)26-23(30)13-32-28(35-26)34-25-5-4-19(12-31-25)14-36-6-8-37(9-7-36)21-15-39-16-21/h4-5,10-13,17,21H,6-9,14-16H2,1-3H3,(H,31,32,34,35). The Labute approximate surface area is 225 Å². The fraction of sp³-hybridized carbons (Fsp3) is 0.429. The van der Waals surface area contributed by atoms with Gasteiger partial charge in [-0.05, 0) is 44.5 Å². The third-order valence-corrected chi connectivity index (χ3v) is 7.47. The molecule has 4 aromatic rings. The minimum Gasteiger partial charge on any atom is -0.378 e. The van der Waals surface area contributed by atoms with Crippen LogP contribution < -0.4 is 5.32 Å². The van der Waals surface area contributed by atoms with E-state index in [0.29, 0.717) is 28.8 Å². The van der Waals surface area contributed by atoms with Crippen molar-refractivity contribution in [3.8, 4) is 11.3 Å². The highest BCUT2D eigenvalue weighted by atomic mass is 19.1. The number of aryl methyl sites for hydroxylation is 1. The van der Waals surface area contributed by atoms with Crippen molar-refractivity contribution < 1.29 is 13.5 Å². The summed E-state index contributed by atoms with van der Waals surface area (Å²) in [4.78, 5) is 22.2. The molecular weight excluding hydrogens is 502 g/mol. The van der Waals surface area contributed by atoms with E-state index in [4.69, 9.17) is 4.74 Å². The van der Waals surface area contributed by atoms with Crippen LogP contribution in [-0.2, 0) is 11.3 Å². The zero-order valence-corrected chi connectivity index (χ0v) is 22.4. The van der Waals surface area contributed by atoms with E-state index in [1.165, 1.54) is 6.07 Å². The van der Waals surface area contributed by atoms with Crippen LogP contribution in [0.15, 0.2) is 36.7 Å². The summed E-state index contributed by atoms with van der Waals surface area (Å²) in [5, 5.41) is 3.05. The van der Waals surface area contributed by atoms with Gasteiger partial charge in [-0.3, -0.25) is 9.80 Å². The molecule has 9 nitrogen and oxygen atoms in total. The third kappa shape index (κ3) is 5.21. The number of anilines is 2. The van der Waals surface area contributed by atoms with Crippen LogP contribution in [0.3, 0.4) is 0 Å². The number of halogens is 2. The van der Waals surface area contributed by atoms with Crippen molar-refractivity contribution in [3.63, 3.8) is 0 Å². The first-order chi connectivity index (χ1) is 18.9. The second-order valence-electron chi connectivity index (χ2n) is 10.5. The Kier molecular flexibility index (Phi) is 6.96. The Morgan fingerprint density at radius 2 is 1.79 bits per heavy atom. The van der Waals surface area contributed by atoms with Gasteiger partial charge in [-0.1, -0.05) is 6.07 Å². The monoisotopic (exact) mass is 534 g/mol. The number of ether oxygens (including phenoxy) is 1. The van der Waals surface area contributed by atoms with Gasteiger partial charge in [-0.15, -0.1) is 0 Å². The summed E-state index contributed by atoms with van der Waals surface area (Å²) in [5.74, 6) is 0.258. The summed E-state index contributed by atoms with van der Waals surface area (Å²) < 4.78 is 37.0. The Balaban J connectivity index is 1.16. The minimum absolute atomic E-state index is 0.00619. The lowest BCUT2D eigenvalue weighted by molar-refractivity contribution is -0.0774. The molecule has 0 amide bonds. The summed E-state index contributed by atoms with van der Waals surface area (Å²) in [6, 6.07) is 7.52. The molecule has 204 valence electrons. The van der Waals surface area contributed by atoms with Gasteiger partial charge < -0.3 is 14.6 Å². The van der Waals surface area contributed by atoms with Gasteiger partial charge in [0.1, 0.15) is 22.9 Å². The fourth-order valence-corrected chi connectivity index (χ4v) is 5.37. The van der Waals surface area contributed by atoms with Gasteiger partial charge in [-0.2, -0.15) is 0 Å². The predicted molar refractivity (Wildman–Crippen MR) is 145 cm³/mol. The number of nitrogens with one attached hydrogen (secondary N) is 1. The molecule has 0 radical (unpaired) electrons. The molecule has 1 N–H and O–H groups in total. The smallest absolute Gasteiger partial charge is 0.229 e. The van der Waals surface area contributed by atoms with Crippen LogP contribution in [0.4, 0.5) is 20.5 Å². The summed E-state index contributed by atoms with van der Waals surface area (Å²) in [6.45, 7) is 12.5. The van der Waals surface area contributed by atoms with E-state index in [-0.39, 0.29) is 23.2 Å². The van der Waals surface area contributed by atoms with Gasteiger partial charge in [0, 0.05) is 50.5 Å². The Hall–Kier alpha value is -3.54. The summed E-state index contributed by atoms with van der Waals surface area (Å²) in [7, 11) is 0. The number of rotatable bonds is 7. The molecule has 2 aliphatic heterocycles. The highest BCUT2D eigenvalue weighted by Crippen LogP contribution is 2.30. The fourth-order valence-electron chi connectivity index (χ4n) is 5.37. The quantitative estimate of drug-likeness (QED) is 0.376. The van der Waals surface area contributed by atoms with Crippen LogP contribution in [0.1, 0.15) is 31.3 Å². The second kappa shape index (κ2) is 10.6. The molecule has 11 heteroatoms. The molecule has 0 bridgehead atoms. The third-order valence-electron chi connectivity index (χ3n) is 7.47. The average molecular weight is 535 g/mol. The molecule has 0 unspecified atom stereocenters. The van der Waals surface area contributed by atoms with Crippen LogP contribution in [-0.4, -0.2) is 79.7 Å². The first-order valence-electron chi connectivity index (χ1n) is 13.3. The number of hydrogen-bond donors (Lipinski definition) is 1. The molecular formula is C28H32F2N8O. The first kappa shape index (κ1) is 25.7. The Morgan fingerprint density at radius 3 is 2.46 bits per heavy atom. The number of hydrogen-bond acceptors (Lipinski definition) is 8. The number of benzene rings is 1. The molecule has 0 atom stereocenters. The van der Waals surface area contributed by atoms with Crippen molar-refractivity contribution in [3.05, 3.63) is 59.7 Å². The minimum atomic E-state index is -0.639. The maximum absolute atomic E-state index is 15.0. The van der Waals surface area contributed by atoms with Gasteiger partial charge in [0.05, 0.1) is 31.0 Å². The van der Waals surface area contributed by atoms with E-state index in [2.05, 4.69) is 35.1 Å². The summed E-state index contributed by atoms with van der Waals surface area (Å²) >= 11 is 0. The lowest BCUT2D eigenvalue weighted by Gasteiger charge is -2.42. The van der Waals surface area contributed by atoms with E-state index >= 15 is 0 Å². The van der Waals surface area contributed by atoms with Gasteiger partial charge in [-0.25, -0.2) is 28.7 Å². The molecule has 6 rings (SSSR count). The summed E-state index contributed by atoms with van der Waals surface area (Å²) in [5.41, 5.74) is 2.30. The van der Waals surface area contributed by atoms with Crippen LogP contribution in [0.5, 0.6) is 0 Å². The van der Waals surface area contributed by atoms with E-state index in [1.807, 2.05) is 43.7 Å². The van der Waals surface area contributed by atoms with Gasteiger partial charge in [0.2, 0.25) is 5.95 Å². The van der Waals surface area contributed by atoms with Gasteiger partial charge >= 0.3 is 0 Å². The second-order valence-corrected chi connectivity index (χ2v) is 10.5. The molecule has 5 heterocycles. The molecule has 0 saturated carbocycles. The molecule has 0 spiro atoms. The highest BCUT2D eigenvalue weighted by Gasteiger charge is 2.28. The normalized spacial score (nSPS) is 17.2. The highest BCUT2D eigenvalue weighted by molar-refractivity contribution is 5.83. The zero-order valence-electron chi connectivity index (χ0n) is 22.4.